The SMILES string of the molecule is Br.CN=C1SCC(O)(c2ccc(Cl)c(S(=O)(=O)NC(=O)NC3CCCCC3)c2)N1C. The maximum absolute atomic E-state index is 12.8. The van der Waals surface area contributed by atoms with Crippen LogP contribution in [0.1, 0.15) is 37.7 Å². The Hall–Kier alpha value is -1.01. The predicted octanol–water partition coefficient (Wildman–Crippen LogP) is 3.05. The molecule has 1 aromatic rings. The number of sulfonamides is 1. The Bertz CT molecular complexity index is 925. The van der Waals surface area contributed by atoms with Crippen LogP contribution in [0.4, 0.5) is 4.79 Å². The molecule has 0 bridgehead atoms. The zero-order valence-corrected chi connectivity index (χ0v) is 20.8. The highest BCUT2D eigenvalue weighted by Gasteiger charge is 2.43. The first-order chi connectivity index (χ1) is 13.7. The maximum Gasteiger partial charge on any atom is 0.328 e. The van der Waals surface area contributed by atoms with Gasteiger partial charge in [0, 0.05) is 25.7 Å². The second-order valence-electron chi connectivity index (χ2n) is 7.23. The Morgan fingerprint density at radius 2 is 2.00 bits per heavy atom. The minimum Gasteiger partial charge on any atom is -0.366 e. The molecule has 0 radical (unpaired) electrons. The first kappa shape index (κ1) is 25.3. The van der Waals surface area contributed by atoms with Crippen molar-refractivity contribution >= 4 is 61.6 Å². The monoisotopic (exact) mass is 540 g/mol. The van der Waals surface area contributed by atoms with Crippen LogP contribution in [0.25, 0.3) is 0 Å². The van der Waals surface area contributed by atoms with Crippen molar-refractivity contribution in [2.75, 3.05) is 19.8 Å². The molecule has 3 rings (SSSR count). The number of amidine groups is 1. The van der Waals surface area contributed by atoms with E-state index in [4.69, 9.17) is 11.6 Å². The molecule has 8 nitrogen and oxygen atoms in total. The van der Waals surface area contributed by atoms with Crippen molar-refractivity contribution in [1.82, 2.24) is 14.9 Å². The molecule has 12 heteroatoms. The summed E-state index contributed by atoms with van der Waals surface area (Å²) in [6.07, 6.45) is 4.82. The number of urea groups is 1. The summed E-state index contributed by atoms with van der Waals surface area (Å²) < 4.78 is 27.6. The van der Waals surface area contributed by atoms with Crippen LogP contribution in [-0.2, 0) is 15.7 Å². The van der Waals surface area contributed by atoms with Crippen LogP contribution in [0.2, 0.25) is 5.02 Å². The van der Waals surface area contributed by atoms with Crippen molar-refractivity contribution < 1.29 is 18.3 Å². The second-order valence-corrected chi connectivity index (χ2v) is 10.2. The summed E-state index contributed by atoms with van der Waals surface area (Å²) in [5.41, 5.74) is -1.08. The van der Waals surface area contributed by atoms with E-state index in [-0.39, 0.29) is 38.7 Å². The molecule has 168 valence electrons. The average Bonchev–Trinajstić information content (AvgIpc) is 2.97. The summed E-state index contributed by atoms with van der Waals surface area (Å²) in [5, 5.41) is 14.4. The summed E-state index contributed by atoms with van der Waals surface area (Å²) >= 11 is 7.49. The fraction of sp³-hybridized carbons (Fsp3) is 0.556. The highest BCUT2D eigenvalue weighted by Crippen LogP contribution is 2.39. The van der Waals surface area contributed by atoms with E-state index in [0.717, 1.165) is 32.1 Å². The summed E-state index contributed by atoms with van der Waals surface area (Å²) in [6, 6.07) is 3.47. The summed E-state index contributed by atoms with van der Waals surface area (Å²) in [4.78, 5) is 17.7. The molecule has 30 heavy (non-hydrogen) atoms. The van der Waals surface area contributed by atoms with Gasteiger partial charge >= 0.3 is 6.03 Å². The topological polar surface area (TPSA) is 111 Å². The van der Waals surface area contributed by atoms with Crippen molar-refractivity contribution in [1.29, 1.82) is 0 Å². The Labute approximate surface area is 196 Å². The van der Waals surface area contributed by atoms with Crippen molar-refractivity contribution in [2.24, 2.45) is 4.99 Å². The lowest BCUT2D eigenvalue weighted by Gasteiger charge is -2.31. The van der Waals surface area contributed by atoms with Crippen molar-refractivity contribution in [2.45, 2.75) is 48.8 Å². The number of amides is 2. The standard InChI is InChI=1S/C18H25ClN4O4S2.BrH/c1-20-17-23(2)18(25,11-28-17)12-8-9-14(19)15(10-12)29(26,27)22-16(24)21-13-6-4-3-5-7-13;/h8-10,13,25H,3-7,11H2,1-2H3,(H2,21,22,24);1H. The van der Waals surface area contributed by atoms with Crippen LogP contribution in [0.5, 0.6) is 0 Å². The molecule has 1 saturated carbocycles. The normalized spacial score (nSPS) is 23.9. The molecular formula is C18H26BrClN4O4S2. The van der Waals surface area contributed by atoms with E-state index >= 15 is 0 Å². The molecule has 1 aliphatic heterocycles. The molecule has 1 unspecified atom stereocenters. The number of halogens is 2. The van der Waals surface area contributed by atoms with E-state index in [9.17, 15) is 18.3 Å². The highest BCUT2D eigenvalue weighted by atomic mass is 79.9. The number of nitrogens with one attached hydrogen (secondary N) is 2. The zero-order chi connectivity index (χ0) is 21.2. The van der Waals surface area contributed by atoms with Gasteiger partial charge in [0.05, 0.1) is 10.8 Å². The van der Waals surface area contributed by atoms with E-state index in [1.807, 2.05) is 4.72 Å². The molecule has 3 N–H and O–H groups in total. The number of rotatable bonds is 4. The van der Waals surface area contributed by atoms with E-state index in [0.29, 0.717) is 10.7 Å². The van der Waals surface area contributed by atoms with Crippen molar-refractivity contribution in [3.63, 3.8) is 0 Å². The fourth-order valence-electron chi connectivity index (χ4n) is 3.61. The molecule has 1 saturated heterocycles. The van der Waals surface area contributed by atoms with Gasteiger partial charge in [0.2, 0.25) is 0 Å². The highest BCUT2D eigenvalue weighted by molar-refractivity contribution is 8.93. The predicted molar refractivity (Wildman–Crippen MR) is 125 cm³/mol. The molecule has 2 fully saturated rings. The maximum atomic E-state index is 12.8. The van der Waals surface area contributed by atoms with Crippen molar-refractivity contribution in [3.8, 4) is 0 Å². The number of aliphatic hydroxyl groups is 1. The van der Waals surface area contributed by atoms with E-state index < -0.39 is 21.8 Å². The second kappa shape index (κ2) is 10.1. The number of nitrogens with zero attached hydrogens (tertiary/aromatic N) is 2. The average molecular weight is 542 g/mol. The number of aliphatic imine (C=N–C) groups is 1. The van der Waals surface area contributed by atoms with E-state index in [1.54, 1.807) is 25.1 Å². The van der Waals surface area contributed by atoms with Crippen LogP contribution in [0, 0.1) is 0 Å². The Kier molecular flexibility index (Phi) is 8.48. The van der Waals surface area contributed by atoms with Gasteiger partial charge in [0.1, 0.15) is 4.90 Å². The Balaban J connectivity index is 0.00000320. The first-order valence-corrected chi connectivity index (χ1v) is 12.2. The number of thioether (sulfide) groups is 1. The third-order valence-electron chi connectivity index (χ3n) is 5.29. The van der Waals surface area contributed by atoms with Gasteiger partial charge in [0.15, 0.2) is 10.9 Å². The number of carbonyl (C=O) groups is 1. The number of hydrogen-bond acceptors (Lipinski definition) is 6. The van der Waals surface area contributed by atoms with E-state index in [2.05, 4.69) is 10.3 Å². The van der Waals surface area contributed by atoms with Crippen LogP contribution >= 0.6 is 40.3 Å². The molecule has 0 spiro atoms. The minimum atomic E-state index is -4.22. The van der Waals surface area contributed by atoms with Gasteiger partial charge in [-0.05, 0) is 25.0 Å². The summed E-state index contributed by atoms with van der Waals surface area (Å²) in [5.74, 6) is 0.285. The molecule has 1 aliphatic carbocycles. The van der Waals surface area contributed by atoms with Crippen molar-refractivity contribution in [3.05, 3.63) is 28.8 Å². The van der Waals surface area contributed by atoms with Gasteiger partial charge in [-0.3, -0.25) is 4.99 Å². The lowest BCUT2D eigenvalue weighted by molar-refractivity contribution is -0.0349. The third-order valence-corrected chi connectivity index (χ3v) is 8.36. The number of carbonyl (C=O) groups excluding carboxylic acids is 1. The molecule has 1 aromatic carbocycles. The smallest absolute Gasteiger partial charge is 0.328 e. The lowest BCUT2D eigenvalue weighted by Crippen LogP contribution is -2.45. The summed E-state index contributed by atoms with van der Waals surface area (Å²) in [7, 11) is -0.913. The molecular weight excluding hydrogens is 516 g/mol. The number of benzene rings is 1. The number of hydrogen-bond donors (Lipinski definition) is 3. The molecule has 2 amide bonds. The molecule has 2 aliphatic rings. The minimum absolute atomic E-state index is 0. The molecule has 1 heterocycles. The van der Waals surface area contributed by atoms with Crippen LogP contribution in [-0.4, -0.2) is 55.5 Å². The van der Waals surface area contributed by atoms with Gasteiger partial charge in [-0.25, -0.2) is 17.9 Å². The lowest BCUT2D eigenvalue weighted by atomic mass is 9.96. The fourth-order valence-corrected chi connectivity index (χ4v) is 6.21. The van der Waals surface area contributed by atoms with Crippen LogP contribution < -0.4 is 10.0 Å². The van der Waals surface area contributed by atoms with Crippen LogP contribution in [0.15, 0.2) is 28.1 Å². The molecule has 0 aromatic heterocycles. The Morgan fingerprint density at radius 3 is 2.60 bits per heavy atom. The van der Waals surface area contributed by atoms with Gasteiger partial charge < -0.3 is 15.3 Å². The first-order valence-electron chi connectivity index (χ1n) is 9.36. The Morgan fingerprint density at radius 1 is 1.33 bits per heavy atom. The van der Waals surface area contributed by atoms with E-state index in [1.165, 1.54) is 23.9 Å². The van der Waals surface area contributed by atoms with Gasteiger partial charge in [-0.1, -0.05) is 48.7 Å². The van der Waals surface area contributed by atoms with Gasteiger partial charge in [-0.2, -0.15) is 0 Å². The van der Waals surface area contributed by atoms with Crippen LogP contribution in [0.3, 0.4) is 0 Å². The summed E-state index contributed by atoms with van der Waals surface area (Å²) in [6.45, 7) is 0. The molecule has 1 atom stereocenters. The van der Waals surface area contributed by atoms with Gasteiger partial charge in [0.25, 0.3) is 10.0 Å². The zero-order valence-electron chi connectivity index (χ0n) is 16.7. The van der Waals surface area contributed by atoms with Gasteiger partial charge in [-0.15, -0.1) is 17.0 Å². The third kappa shape index (κ3) is 5.24. The largest absolute Gasteiger partial charge is 0.366 e. The quantitative estimate of drug-likeness (QED) is 0.540.